The molecule has 1 atom stereocenters. The van der Waals surface area contributed by atoms with E-state index in [1.165, 1.54) is 27.8 Å². The van der Waals surface area contributed by atoms with Crippen molar-refractivity contribution in [2.45, 2.75) is 39.7 Å². The van der Waals surface area contributed by atoms with Gasteiger partial charge in [-0.25, -0.2) is 0 Å². The quantitative estimate of drug-likeness (QED) is 0.893. The van der Waals surface area contributed by atoms with Crippen LogP contribution in [0.5, 0.6) is 0 Å². The first-order valence-corrected chi connectivity index (χ1v) is 9.06. The topological polar surface area (TPSA) is 40.5 Å². The zero-order valence-electron chi connectivity index (χ0n) is 15.3. The van der Waals surface area contributed by atoms with Crippen LogP contribution in [0.2, 0.25) is 0 Å². The molecule has 1 heterocycles. The van der Waals surface area contributed by atoms with E-state index in [0.717, 1.165) is 25.9 Å². The molecule has 3 rings (SSSR count). The SMILES string of the molecule is Cc1cc(C)cc(C(c2ccccc2C)N2CCC(C(=O)O)CC2)c1. The summed E-state index contributed by atoms with van der Waals surface area (Å²) in [7, 11) is 0. The summed E-state index contributed by atoms with van der Waals surface area (Å²) >= 11 is 0. The number of rotatable bonds is 4. The third-order valence-corrected chi connectivity index (χ3v) is 5.29. The molecule has 0 saturated carbocycles. The Morgan fingerprint density at radius 1 is 1.04 bits per heavy atom. The summed E-state index contributed by atoms with van der Waals surface area (Å²) in [6, 6.07) is 15.5. The smallest absolute Gasteiger partial charge is 0.306 e. The molecule has 2 aromatic carbocycles. The third kappa shape index (κ3) is 3.93. The molecule has 1 aliphatic heterocycles. The van der Waals surface area contributed by atoms with E-state index < -0.39 is 5.97 Å². The molecule has 0 radical (unpaired) electrons. The van der Waals surface area contributed by atoms with Crippen LogP contribution in [-0.2, 0) is 4.79 Å². The number of carboxylic acids is 1. The molecular formula is C22H27NO2. The Labute approximate surface area is 150 Å². The summed E-state index contributed by atoms with van der Waals surface area (Å²) in [5.41, 5.74) is 6.46. The summed E-state index contributed by atoms with van der Waals surface area (Å²) in [5.74, 6) is -0.855. The highest BCUT2D eigenvalue weighted by atomic mass is 16.4. The molecule has 0 amide bonds. The summed E-state index contributed by atoms with van der Waals surface area (Å²) < 4.78 is 0. The highest BCUT2D eigenvalue weighted by molar-refractivity contribution is 5.70. The Morgan fingerprint density at radius 2 is 1.64 bits per heavy atom. The second kappa shape index (κ2) is 7.40. The number of aliphatic carboxylic acids is 1. The maximum absolute atomic E-state index is 11.3. The molecule has 0 aromatic heterocycles. The van der Waals surface area contributed by atoms with Crippen molar-refractivity contribution in [2.24, 2.45) is 5.92 Å². The fourth-order valence-electron chi connectivity index (χ4n) is 4.05. The van der Waals surface area contributed by atoms with Gasteiger partial charge in [-0.3, -0.25) is 9.69 Å². The summed E-state index contributed by atoms with van der Waals surface area (Å²) in [6.45, 7) is 8.09. The number of nitrogens with zero attached hydrogens (tertiary/aromatic N) is 1. The van der Waals surface area contributed by atoms with Crippen molar-refractivity contribution >= 4 is 5.97 Å². The van der Waals surface area contributed by atoms with Gasteiger partial charge in [0.05, 0.1) is 12.0 Å². The Balaban J connectivity index is 1.98. The van der Waals surface area contributed by atoms with Gasteiger partial charge in [0.2, 0.25) is 0 Å². The number of piperidine rings is 1. The van der Waals surface area contributed by atoms with E-state index in [9.17, 15) is 9.90 Å². The van der Waals surface area contributed by atoms with Crippen LogP contribution in [0, 0.1) is 26.7 Å². The highest BCUT2D eigenvalue weighted by Gasteiger charge is 2.30. The number of carboxylic acid groups (broad SMARTS) is 1. The first kappa shape index (κ1) is 17.7. The van der Waals surface area contributed by atoms with Crippen molar-refractivity contribution in [3.8, 4) is 0 Å². The Morgan fingerprint density at radius 3 is 2.20 bits per heavy atom. The van der Waals surface area contributed by atoms with Crippen LogP contribution in [-0.4, -0.2) is 29.1 Å². The highest BCUT2D eigenvalue weighted by Crippen LogP contribution is 2.34. The van der Waals surface area contributed by atoms with Crippen LogP contribution in [0.3, 0.4) is 0 Å². The molecule has 0 aliphatic carbocycles. The van der Waals surface area contributed by atoms with Crippen molar-refractivity contribution in [1.82, 2.24) is 4.90 Å². The average molecular weight is 337 g/mol. The van der Waals surface area contributed by atoms with Gasteiger partial charge in [-0.1, -0.05) is 53.6 Å². The van der Waals surface area contributed by atoms with E-state index in [4.69, 9.17) is 0 Å². The number of benzene rings is 2. The molecule has 1 fully saturated rings. The standard InChI is InChI=1S/C22H27NO2/c1-15-12-16(2)14-19(13-15)21(20-7-5-4-6-17(20)3)23-10-8-18(9-11-23)22(24)25/h4-7,12-14,18,21H,8-11H2,1-3H3,(H,24,25). The number of aryl methyl sites for hydroxylation is 3. The first-order valence-electron chi connectivity index (χ1n) is 9.06. The second-order valence-corrected chi connectivity index (χ2v) is 7.33. The lowest BCUT2D eigenvalue weighted by Crippen LogP contribution is -2.39. The lowest BCUT2D eigenvalue weighted by Gasteiger charge is -2.38. The van der Waals surface area contributed by atoms with E-state index in [1.807, 2.05) is 0 Å². The van der Waals surface area contributed by atoms with Crippen molar-refractivity contribution in [1.29, 1.82) is 0 Å². The van der Waals surface area contributed by atoms with Crippen molar-refractivity contribution in [2.75, 3.05) is 13.1 Å². The molecule has 25 heavy (non-hydrogen) atoms. The maximum Gasteiger partial charge on any atom is 0.306 e. The van der Waals surface area contributed by atoms with Crippen molar-refractivity contribution in [3.63, 3.8) is 0 Å². The summed E-state index contributed by atoms with van der Waals surface area (Å²) in [6.07, 6.45) is 1.45. The van der Waals surface area contributed by atoms with Crippen molar-refractivity contribution in [3.05, 3.63) is 70.3 Å². The van der Waals surface area contributed by atoms with Crippen LogP contribution in [0.15, 0.2) is 42.5 Å². The van der Waals surface area contributed by atoms with E-state index in [0.29, 0.717) is 0 Å². The number of hydrogen-bond donors (Lipinski definition) is 1. The van der Waals surface area contributed by atoms with Crippen LogP contribution in [0.25, 0.3) is 0 Å². The van der Waals surface area contributed by atoms with Gasteiger partial charge in [0, 0.05) is 0 Å². The first-order chi connectivity index (χ1) is 12.0. The van der Waals surface area contributed by atoms with Crippen LogP contribution in [0.4, 0.5) is 0 Å². The van der Waals surface area contributed by atoms with Crippen molar-refractivity contribution < 1.29 is 9.90 Å². The monoisotopic (exact) mass is 337 g/mol. The number of hydrogen-bond acceptors (Lipinski definition) is 2. The fourth-order valence-corrected chi connectivity index (χ4v) is 4.05. The normalized spacial score (nSPS) is 17.4. The maximum atomic E-state index is 11.3. The van der Waals surface area contributed by atoms with Crippen LogP contribution in [0.1, 0.15) is 46.7 Å². The minimum absolute atomic E-state index is 0.189. The zero-order chi connectivity index (χ0) is 18.0. The largest absolute Gasteiger partial charge is 0.481 e. The van der Waals surface area contributed by atoms with Gasteiger partial charge in [-0.15, -0.1) is 0 Å². The molecule has 2 aromatic rings. The van der Waals surface area contributed by atoms with E-state index >= 15 is 0 Å². The van der Waals surface area contributed by atoms with Gasteiger partial charge >= 0.3 is 5.97 Å². The predicted molar refractivity (Wildman–Crippen MR) is 101 cm³/mol. The fraction of sp³-hybridized carbons (Fsp3) is 0.409. The van der Waals surface area contributed by atoms with E-state index in [-0.39, 0.29) is 12.0 Å². The molecule has 0 spiro atoms. The van der Waals surface area contributed by atoms with E-state index in [2.05, 4.69) is 68.1 Å². The van der Waals surface area contributed by atoms with Gasteiger partial charge in [0.25, 0.3) is 0 Å². The molecule has 1 aliphatic rings. The Bertz CT molecular complexity index is 740. The van der Waals surface area contributed by atoms with Gasteiger partial charge in [0.15, 0.2) is 0 Å². The molecule has 132 valence electrons. The lowest BCUT2D eigenvalue weighted by molar-refractivity contribution is -0.143. The molecule has 3 heteroatoms. The average Bonchev–Trinajstić information content (AvgIpc) is 2.56. The van der Waals surface area contributed by atoms with Gasteiger partial charge < -0.3 is 5.11 Å². The minimum Gasteiger partial charge on any atom is -0.481 e. The van der Waals surface area contributed by atoms with E-state index in [1.54, 1.807) is 0 Å². The molecule has 1 unspecified atom stereocenters. The summed E-state index contributed by atoms with van der Waals surface area (Å²) in [5, 5.41) is 9.30. The van der Waals surface area contributed by atoms with Gasteiger partial charge in [-0.2, -0.15) is 0 Å². The zero-order valence-corrected chi connectivity index (χ0v) is 15.3. The number of carbonyl (C=O) groups is 1. The molecule has 3 nitrogen and oxygen atoms in total. The summed E-state index contributed by atoms with van der Waals surface area (Å²) in [4.78, 5) is 13.8. The number of likely N-dealkylation sites (tertiary alicyclic amines) is 1. The Kier molecular flexibility index (Phi) is 5.24. The van der Waals surface area contributed by atoms with Gasteiger partial charge in [0.1, 0.15) is 0 Å². The predicted octanol–water partition coefficient (Wildman–Crippen LogP) is 4.50. The minimum atomic E-state index is -0.654. The second-order valence-electron chi connectivity index (χ2n) is 7.33. The Hall–Kier alpha value is -2.13. The van der Waals surface area contributed by atoms with Crippen LogP contribution < -0.4 is 0 Å². The molecular weight excluding hydrogens is 310 g/mol. The van der Waals surface area contributed by atoms with Crippen LogP contribution >= 0.6 is 0 Å². The molecule has 1 N–H and O–H groups in total. The molecule has 1 saturated heterocycles. The van der Waals surface area contributed by atoms with Gasteiger partial charge in [-0.05, 0) is 63.4 Å². The molecule has 0 bridgehead atoms. The lowest BCUT2D eigenvalue weighted by atomic mass is 9.88. The third-order valence-electron chi connectivity index (χ3n) is 5.29.